The van der Waals surface area contributed by atoms with Gasteiger partial charge in [0.15, 0.2) is 5.11 Å². The summed E-state index contributed by atoms with van der Waals surface area (Å²) in [6.45, 7) is 6.31. The van der Waals surface area contributed by atoms with Crippen molar-refractivity contribution in [2.45, 2.75) is 6.92 Å². The molecule has 0 atom stereocenters. The zero-order chi connectivity index (χ0) is 15.1. The number of morpholine rings is 1. The summed E-state index contributed by atoms with van der Waals surface area (Å²) in [5.74, 6) is 1.40. The van der Waals surface area contributed by atoms with Crippen LogP contribution in [0.1, 0.15) is 5.69 Å². The number of aryl methyl sites for hydroxylation is 1. The zero-order valence-electron chi connectivity index (χ0n) is 12.4. The van der Waals surface area contributed by atoms with Gasteiger partial charge < -0.3 is 25.0 Å². The molecule has 0 aliphatic carbocycles. The second-order valence-corrected chi connectivity index (χ2v) is 5.07. The van der Waals surface area contributed by atoms with Crippen LogP contribution in [-0.4, -0.2) is 61.6 Å². The van der Waals surface area contributed by atoms with E-state index in [-0.39, 0.29) is 0 Å². The van der Waals surface area contributed by atoms with E-state index in [1.807, 2.05) is 13.0 Å². The number of aromatic nitrogens is 2. The molecule has 7 nitrogen and oxygen atoms in total. The van der Waals surface area contributed by atoms with Crippen molar-refractivity contribution < 1.29 is 9.47 Å². The number of nitrogens with one attached hydrogen (secondary N) is 2. The highest BCUT2D eigenvalue weighted by atomic mass is 32.1. The summed E-state index contributed by atoms with van der Waals surface area (Å²) >= 11 is 5.20. The average molecular weight is 311 g/mol. The van der Waals surface area contributed by atoms with E-state index in [9.17, 15) is 0 Å². The highest BCUT2D eigenvalue weighted by Crippen LogP contribution is 2.16. The number of hydrogen-bond donors (Lipinski definition) is 2. The molecular formula is C13H21N5O2S. The second kappa shape index (κ2) is 8.06. The van der Waals surface area contributed by atoms with Gasteiger partial charge in [0.25, 0.3) is 0 Å². The van der Waals surface area contributed by atoms with Crippen LogP contribution in [0.4, 0.5) is 11.8 Å². The van der Waals surface area contributed by atoms with Crippen molar-refractivity contribution in [3.8, 4) is 0 Å². The maximum atomic E-state index is 5.36. The van der Waals surface area contributed by atoms with Crippen molar-refractivity contribution in [3.05, 3.63) is 11.8 Å². The normalized spacial score (nSPS) is 14.9. The molecule has 0 amide bonds. The Morgan fingerprint density at radius 3 is 2.90 bits per heavy atom. The first kappa shape index (κ1) is 15.9. The number of nitrogens with zero attached hydrogens (tertiary/aromatic N) is 3. The van der Waals surface area contributed by atoms with Gasteiger partial charge in [-0.15, -0.1) is 0 Å². The largest absolute Gasteiger partial charge is 0.383 e. The first-order valence-electron chi connectivity index (χ1n) is 6.91. The lowest BCUT2D eigenvalue weighted by molar-refractivity contribution is 0.122. The third kappa shape index (κ3) is 5.07. The minimum Gasteiger partial charge on any atom is -0.383 e. The van der Waals surface area contributed by atoms with Crippen LogP contribution in [0.15, 0.2) is 6.07 Å². The molecule has 21 heavy (non-hydrogen) atoms. The van der Waals surface area contributed by atoms with Crippen LogP contribution in [0.5, 0.6) is 0 Å². The van der Waals surface area contributed by atoms with Gasteiger partial charge in [0.2, 0.25) is 5.95 Å². The lowest BCUT2D eigenvalue weighted by atomic mass is 10.3. The predicted molar refractivity (Wildman–Crippen MR) is 85.9 cm³/mol. The monoisotopic (exact) mass is 311 g/mol. The van der Waals surface area contributed by atoms with Crippen LogP contribution in [0.2, 0.25) is 0 Å². The highest BCUT2D eigenvalue weighted by molar-refractivity contribution is 7.80. The molecule has 1 aromatic rings. The predicted octanol–water partition coefficient (Wildman–Crippen LogP) is 0.554. The summed E-state index contributed by atoms with van der Waals surface area (Å²) in [7, 11) is 1.65. The molecule has 0 aromatic carbocycles. The minimum atomic E-state index is 0.491. The molecule has 0 radical (unpaired) electrons. The van der Waals surface area contributed by atoms with E-state index in [0.717, 1.165) is 37.8 Å². The fourth-order valence-electron chi connectivity index (χ4n) is 1.97. The highest BCUT2D eigenvalue weighted by Gasteiger charge is 2.14. The number of methoxy groups -OCH3 is 1. The molecule has 1 saturated heterocycles. The second-order valence-electron chi connectivity index (χ2n) is 4.66. The van der Waals surface area contributed by atoms with Gasteiger partial charge >= 0.3 is 0 Å². The van der Waals surface area contributed by atoms with Gasteiger partial charge in [-0.1, -0.05) is 0 Å². The van der Waals surface area contributed by atoms with Gasteiger partial charge in [0.1, 0.15) is 5.82 Å². The topological polar surface area (TPSA) is 71.5 Å². The summed E-state index contributed by atoms with van der Waals surface area (Å²) in [6, 6.07) is 1.97. The zero-order valence-corrected chi connectivity index (χ0v) is 13.2. The van der Waals surface area contributed by atoms with Gasteiger partial charge in [-0.05, 0) is 19.1 Å². The van der Waals surface area contributed by atoms with Crippen molar-refractivity contribution in [2.24, 2.45) is 0 Å². The third-order valence-electron chi connectivity index (χ3n) is 2.99. The van der Waals surface area contributed by atoms with Crippen LogP contribution < -0.4 is 15.5 Å². The Morgan fingerprint density at radius 2 is 2.19 bits per heavy atom. The molecule has 0 bridgehead atoms. The van der Waals surface area contributed by atoms with Gasteiger partial charge in [0, 0.05) is 38.5 Å². The number of hydrogen-bond acceptors (Lipinski definition) is 6. The molecule has 8 heteroatoms. The molecule has 1 aliphatic heterocycles. The van der Waals surface area contributed by atoms with Crippen LogP contribution >= 0.6 is 12.2 Å². The maximum absolute atomic E-state index is 5.36. The van der Waals surface area contributed by atoms with Crippen molar-refractivity contribution in [1.82, 2.24) is 15.3 Å². The fraction of sp³-hybridized carbons (Fsp3) is 0.615. The first-order chi connectivity index (χ1) is 10.2. The number of ether oxygens (including phenoxy) is 2. The van der Waals surface area contributed by atoms with E-state index in [1.165, 1.54) is 0 Å². The van der Waals surface area contributed by atoms with Crippen molar-refractivity contribution in [2.75, 3.05) is 56.8 Å². The van der Waals surface area contributed by atoms with E-state index < -0.39 is 0 Å². The lowest BCUT2D eigenvalue weighted by Gasteiger charge is -2.28. The van der Waals surface area contributed by atoms with Gasteiger partial charge in [-0.2, -0.15) is 4.98 Å². The van der Waals surface area contributed by atoms with E-state index in [0.29, 0.717) is 24.2 Å². The van der Waals surface area contributed by atoms with Crippen LogP contribution in [0, 0.1) is 6.92 Å². The molecule has 2 heterocycles. The van der Waals surface area contributed by atoms with Crippen molar-refractivity contribution in [3.63, 3.8) is 0 Å². The Balaban J connectivity index is 1.99. The fourth-order valence-corrected chi connectivity index (χ4v) is 2.17. The van der Waals surface area contributed by atoms with Gasteiger partial charge in [0.05, 0.1) is 19.8 Å². The number of anilines is 2. The summed E-state index contributed by atoms with van der Waals surface area (Å²) in [5, 5.41) is 6.53. The van der Waals surface area contributed by atoms with E-state index >= 15 is 0 Å². The smallest absolute Gasteiger partial charge is 0.231 e. The SMILES string of the molecule is COCCNC(=S)Nc1nc(C)cc(N2CCOCC2)n1. The number of rotatable bonds is 5. The third-order valence-corrected chi connectivity index (χ3v) is 3.24. The quantitative estimate of drug-likeness (QED) is 0.603. The van der Waals surface area contributed by atoms with E-state index in [2.05, 4.69) is 25.5 Å². The lowest BCUT2D eigenvalue weighted by Crippen LogP contribution is -2.37. The van der Waals surface area contributed by atoms with E-state index in [1.54, 1.807) is 7.11 Å². The molecule has 2 N–H and O–H groups in total. The molecule has 1 aromatic heterocycles. The Bertz CT molecular complexity index is 480. The summed E-state index contributed by atoms with van der Waals surface area (Å²) in [6.07, 6.45) is 0. The molecular weight excluding hydrogens is 290 g/mol. The van der Waals surface area contributed by atoms with Crippen molar-refractivity contribution in [1.29, 1.82) is 0 Å². The summed E-state index contributed by atoms with van der Waals surface area (Å²) < 4.78 is 10.3. The number of thiocarbonyl (C=S) groups is 1. The van der Waals surface area contributed by atoms with Crippen LogP contribution in [0.25, 0.3) is 0 Å². The van der Waals surface area contributed by atoms with E-state index in [4.69, 9.17) is 21.7 Å². The molecule has 1 aliphatic rings. The Labute approximate surface area is 130 Å². The first-order valence-corrected chi connectivity index (χ1v) is 7.32. The molecule has 0 unspecified atom stereocenters. The van der Waals surface area contributed by atoms with Gasteiger partial charge in [-0.25, -0.2) is 4.98 Å². The standard InChI is InChI=1S/C13H21N5O2S/c1-10-9-11(18-4-7-20-8-5-18)16-12(15-10)17-13(21)14-3-6-19-2/h9H,3-8H2,1-2H3,(H2,14,15,16,17,21). The average Bonchev–Trinajstić information content (AvgIpc) is 2.48. The van der Waals surface area contributed by atoms with Crippen LogP contribution in [0.3, 0.4) is 0 Å². The van der Waals surface area contributed by atoms with Crippen LogP contribution in [-0.2, 0) is 9.47 Å². The van der Waals surface area contributed by atoms with Crippen molar-refractivity contribution >= 4 is 29.1 Å². The molecule has 2 rings (SSSR count). The molecule has 0 spiro atoms. The Kier molecular flexibility index (Phi) is 6.09. The maximum Gasteiger partial charge on any atom is 0.231 e. The molecule has 1 fully saturated rings. The Morgan fingerprint density at radius 1 is 1.43 bits per heavy atom. The molecule has 0 saturated carbocycles. The van der Waals surface area contributed by atoms with Gasteiger partial charge in [-0.3, -0.25) is 0 Å². The molecule has 116 valence electrons. The summed E-state index contributed by atoms with van der Waals surface area (Å²) in [5.41, 5.74) is 0.897. The Hall–Kier alpha value is -1.51. The summed E-state index contributed by atoms with van der Waals surface area (Å²) in [4.78, 5) is 11.1. The minimum absolute atomic E-state index is 0.491.